The van der Waals surface area contributed by atoms with Crippen molar-refractivity contribution in [3.8, 4) is 0 Å². The molecule has 1 aromatic carbocycles. The van der Waals surface area contributed by atoms with E-state index >= 15 is 0 Å². The van der Waals surface area contributed by atoms with Gasteiger partial charge in [-0.05, 0) is 67.6 Å². The molecule has 0 aliphatic heterocycles. The van der Waals surface area contributed by atoms with E-state index in [1.807, 2.05) is 0 Å². The summed E-state index contributed by atoms with van der Waals surface area (Å²) < 4.78 is 13.0. The largest absolute Gasteiger partial charge is 0.353 e. The lowest BCUT2D eigenvalue weighted by Crippen LogP contribution is -2.43. The molecule has 2 N–H and O–H groups in total. The first kappa shape index (κ1) is 17.8. The number of hydrogen-bond donors (Lipinski definition) is 2. The fourth-order valence-corrected chi connectivity index (χ4v) is 5.82. The van der Waals surface area contributed by atoms with Gasteiger partial charge in [-0.25, -0.2) is 4.39 Å². The molecule has 26 heavy (non-hydrogen) atoms. The third kappa shape index (κ3) is 3.34. The second-order valence-electron chi connectivity index (χ2n) is 7.96. The van der Waals surface area contributed by atoms with Crippen molar-refractivity contribution in [3.63, 3.8) is 0 Å². The average molecular weight is 379 g/mol. The Morgan fingerprint density at radius 1 is 1.15 bits per heavy atom. The molecule has 2 bridgehead atoms. The summed E-state index contributed by atoms with van der Waals surface area (Å²) in [7, 11) is 0. The average Bonchev–Trinajstić information content (AvgIpc) is 3.27. The van der Waals surface area contributed by atoms with Crippen molar-refractivity contribution in [1.82, 2.24) is 10.6 Å². The number of rotatable bonds is 5. The number of hydrogen-bond acceptors (Lipinski definition) is 2. The lowest BCUT2D eigenvalue weighted by Gasteiger charge is -2.32. The second-order valence-corrected chi connectivity index (χ2v) is 8.37. The number of nitrogens with one attached hydrogen (secondary N) is 2. The van der Waals surface area contributed by atoms with E-state index in [0.717, 1.165) is 30.2 Å². The van der Waals surface area contributed by atoms with E-state index in [4.69, 9.17) is 11.6 Å². The number of amides is 2. The zero-order valence-corrected chi connectivity index (χ0v) is 15.4. The minimum absolute atomic E-state index is 0.0115. The van der Waals surface area contributed by atoms with Crippen LogP contribution in [0.1, 0.15) is 48.9 Å². The molecule has 3 fully saturated rings. The van der Waals surface area contributed by atoms with Crippen LogP contribution in [-0.4, -0.2) is 24.4 Å². The quantitative estimate of drug-likeness (QED) is 0.823. The molecule has 0 spiro atoms. The van der Waals surface area contributed by atoms with Gasteiger partial charge in [-0.3, -0.25) is 9.59 Å². The summed E-state index contributed by atoms with van der Waals surface area (Å²) in [5.74, 6) is 2.30. The van der Waals surface area contributed by atoms with Gasteiger partial charge in [-0.1, -0.05) is 18.0 Å². The normalized spacial score (nSPS) is 31.7. The first-order chi connectivity index (χ1) is 12.5. The van der Waals surface area contributed by atoms with Gasteiger partial charge in [0.15, 0.2) is 0 Å². The molecule has 3 aliphatic rings. The second kappa shape index (κ2) is 7.18. The highest BCUT2D eigenvalue weighted by molar-refractivity contribution is 6.33. The molecule has 6 heteroatoms. The van der Waals surface area contributed by atoms with E-state index in [2.05, 4.69) is 10.6 Å². The fourth-order valence-electron chi connectivity index (χ4n) is 5.57. The predicted octanol–water partition coefficient (Wildman–Crippen LogP) is 3.54. The van der Waals surface area contributed by atoms with Gasteiger partial charge in [-0.2, -0.15) is 0 Å². The van der Waals surface area contributed by atoms with Gasteiger partial charge in [0.1, 0.15) is 5.82 Å². The van der Waals surface area contributed by atoms with Crippen LogP contribution in [-0.2, 0) is 4.79 Å². The van der Waals surface area contributed by atoms with E-state index in [-0.39, 0.29) is 29.5 Å². The Labute approximate surface area is 157 Å². The Bertz CT molecular complexity index is 726. The number of benzene rings is 1. The molecule has 4 rings (SSSR count). The molecule has 3 aliphatic carbocycles. The molecule has 0 saturated heterocycles. The monoisotopic (exact) mass is 378 g/mol. The molecule has 3 saturated carbocycles. The maximum absolute atomic E-state index is 13.0. The van der Waals surface area contributed by atoms with Crippen LogP contribution in [0.5, 0.6) is 0 Å². The molecule has 4 nitrogen and oxygen atoms in total. The Kier molecular flexibility index (Phi) is 4.91. The minimum atomic E-state index is -0.485. The van der Waals surface area contributed by atoms with Crippen LogP contribution in [0.25, 0.3) is 0 Å². The topological polar surface area (TPSA) is 58.2 Å². The van der Waals surface area contributed by atoms with Crippen molar-refractivity contribution in [2.75, 3.05) is 6.54 Å². The van der Waals surface area contributed by atoms with Gasteiger partial charge in [-0.15, -0.1) is 0 Å². The fraction of sp³-hybridized carbons (Fsp3) is 0.600. The van der Waals surface area contributed by atoms with Crippen LogP contribution < -0.4 is 10.6 Å². The van der Waals surface area contributed by atoms with Crippen molar-refractivity contribution in [3.05, 3.63) is 34.6 Å². The summed E-state index contributed by atoms with van der Waals surface area (Å²) in [5.41, 5.74) is 0.217. The third-order valence-corrected chi connectivity index (χ3v) is 6.90. The van der Waals surface area contributed by atoms with E-state index in [1.165, 1.54) is 37.8 Å². The Morgan fingerprint density at radius 3 is 2.77 bits per heavy atom. The zero-order valence-electron chi connectivity index (χ0n) is 14.6. The van der Waals surface area contributed by atoms with Crippen molar-refractivity contribution in [2.24, 2.45) is 23.7 Å². The van der Waals surface area contributed by atoms with E-state index in [1.54, 1.807) is 0 Å². The summed E-state index contributed by atoms with van der Waals surface area (Å²) >= 11 is 5.88. The standard InChI is InChI=1S/C20H24ClFN2O2/c21-17-10-12(22)4-5-15(17)20(26)23-7-6-19(25)24-18-9-11-8-16(18)14-3-1-2-13(11)14/h4-5,10-11,13-14,16,18H,1-3,6-9H2,(H,23,26)(H,24,25)/t11-,13+,14-,16+,18-/m1/s1. The Balaban J connectivity index is 1.23. The number of fused-ring (bicyclic) bond motifs is 5. The van der Waals surface area contributed by atoms with E-state index in [9.17, 15) is 14.0 Å². The first-order valence-corrected chi connectivity index (χ1v) is 9.93. The molecule has 140 valence electrons. The third-order valence-electron chi connectivity index (χ3n) is 6.59. The summed E-state index contributed by atoms with van der Waals surface area (Å²) in [6, 6.07) is 3.96. The molecule has 5 atom stereocenters. The number of carbonyl (C=O) groups is 2. The lowest BCUT2D eigenvalue weighted by molar-refractivity contribution is -0.122. The highest BCUT2D eigenvalue weighted by atomic mass is 35.5. The zero-order chi connectivity index (χ0) is 18.3. The molecular weight excluding hydrogens is 355 g/mol. The number of carbonyl (C=O) groups excluding carboxylic acids is 2. The van der Waals surface area contributed by atoms with Crippen molar-refractivity contribution in [1.29, 1.82) is 0 Å². The molecule has 0 unspecified atom stereocenters. The van der Waals surface area contributed by atoms with Crippen molar-refractivity contribution < 1.29 is 14.0 Å². The molecule has 0 radical (unpaired) electrons. The van der Waals surface area contributed by atoms with Gasteiger partial charge < -0.3 is 10.6 Å². The van der Waals surface area contributed by atoms with Crippen LogP contribution in [0.3, 0.4) is 0 Å². The summed E-state index contributed by atoms with van der Waals surface area (Å²) in [6.45, 7) is 0.241. The minimum Gasteiger partial charge on any atom is -0.353 e. The molecule has 0 aromatic heterocycles. The van der Waals surface area contributed by atoms with Crippen LogP contribution in [0.4, 0.5) is 4.39 Å². The highest BCUT2D eigenvalue weighted by Crippen LogP contribution is 2.58. The smallest absolute Gasteiger partial charge is 0.252 e. The summed E-state index contributed by atoms with van der Waals surface area (Å²) in [5, 5.41) is 5.94. The maximum atomic E-state index is 13.0. The molecular formula is C20H24ClFN2O2. The van der Waals surface area contributed by atoms with Gasteiger partial charge in [0.25, 0.3) is 5.91 Å². The predicted molar refractivity (Wildman–Crippen MR) is 97.3 cm³/mol. The van der Waals surface area contributed by atoms with Gasteiger partial charge in [0.05, 0.1) is 10.6 Å². The van der Waals surface area contributed by atoms with Crippen molar-refractivity contribution in [2.45, 2.75) is 44.6 Å². The molecule has 0 heterocycles. The highest BCUT2D eigenvalue weighted by Gasteiger charge is 2.53. The molecule has 1 aromatic rings. The van der Waals surface area contributed by atoms with Gasteiger partial charge >= 0.3 is 0 Å². The molecule has 2 amide bonds. The Morgan fingerprint density at radius 2 is 1.96 bits per heavy atom. The van der Waals surface area contributed by atoms with Crippen LogP contribution in [0.2, 0.25) is 5.02 Å². The van der Waals surface area contributed by atoms with E-state index in [0.29, 0.717) is 12.0 Å². The Hall–Kier alpha value is -1.62. The van der Waals surface area contributed by atoms with Crippen LogP contribution in [0.15, 0.2) is 18.2 Å². The van der Waals surface area contributed by atoms with Gasteiger partial charge in [0.2, 0.25) is 5.91 Å². The summed E-state index contributed by atoms with van der Waals surface area (Å²) in [4.78, 5) is 24.3. The van der Waals surface area contributed by atoms with Crippen LogP contribution in [0, 0.1) is 29.5 Å². The lowest BCUT2D eigenvalue weighted by atomic mass is 9.79. The maximum Gasteiger partial charge on any atom is 0.252 e. The number of halogens is 2. The first-order valence-electron chi connectivity index (χ1n) is 9.55. The summed E-state index contributed by atoms with van der Waals surface area (Å²) in [6.07, 6.45) is 6.69. The SMILES string of the molecule is O=C(CCNC(=O)c1ccc(F)cc1Cl)N[C@@H]1C[C@H]2C[C@H]1[C@@H]1CCC[C@@H]21. The van der Waals surface area contributed by atoms with Gasteiger partial charge in [0, 0.05) is 19.0 Å². The van der Waals surface area contributed by atoms with Crippen molar-refractivity contribution >= 4 is 23.4 Å². The van der Waals surface area contributed by atoms with Crippen LogP contribution >= 0.6 is 11.6 Å². The van der Waals surface area contributed by atoms with E-state index < -0.39 is 11.7 Å².